The molecule has 0 bridgehead atoms. The van der Waals surface area contributed by atoms with Crippen LogP contribution < -0.4 is 0 Å². The predicted octanol–water partition coefficient (Wildman–Crippen LogP) is 9.84. The molecule has 0 saturated heterocycles. The van der Waals surface area contributed by atoms with Crippen LogP contribution in [0.1, 0.15) is 17.7 Å². The summed E-state index contributed by atoms with van der Waals surface area (Å²) in [5.74, 6) is 0. The number of H-pyrrole nitrogens is 1. The molecule has 194 valence electrons. The van der Waals surface area contributed by atoms with Crippen molar-refractivity contribution in [2.24, 2.45) is 0 Å². The summed E-state index contributed by atoms with van der Waals surface area (Å²) in [6.07, 6.45) is 9.01. The highest BCUT2D eigenvalue weighted by Crippen LogP contribution is 2.40. The average Bonchev–Trinajstić information content (AvgIpc) is 3.73. The molecule has 8 aromatic rings. The van der Waals surface area contributed by atoms with E-state index < -0.39 is 0 Å². The Morgan fingerprint density at radius 3 is 2.37 bits per heavy atom. The van der Waals surface area contributed by atoms with E-state index in [2.05, 4.69) is 148 Å². The molecule has 1 aliphatic carbocycles. The van der Waals surface area contributed by atoms with Gasteiger partial charge in [0.05, 0.1) is 16.7 Å². The van der Waals surface area contributed by atoms with Gasteiger partial charge in [-0.05, 0) is 72.5 Å². The molecule has 3 nitrogen and oxygen atoms in total. The number of aromatic amines is 1. The Kier molecular flexibility index (Phi) is 4.73. The molecule has 3 aromatic heterocycles. The SMILES string of the molecule is C1=Cc2c(n(-c3ccccc3)c3c2ccc2c3ccn2-c2cccc3[nH]c4ccc(-c5ccccc5)cc4c23)CC1. The molecule has 0 amide bonds. The van der Waals surface area contributed by atoms with E-state index in [4.69, 9.17) is 0 Å². The van der Waals surface area contributed by atoms with Crippen molar-refractivity contribution in [2.45, 2.75) is 12.8 Å². The van der Waals surface area contributed by atoms with Gasteiger partial charge in [0, 0.05) is 55.7 Å². The molecule has 5 aromatic carbocycles. The summed E-state index contributed by atoms with van der Waals surface area (Å²) in [5.41, 5.74) is 12.5. The van der Waals surface area contributed by atoms with Crippen molar-refractivity contribution in [1.82, 2.24) is 14.1 Å². The lowest BCUT2D eigenvalue weighted by Gasteiger charge is -2.13. The molecule has 1 aliphatic rings. The largest absolute Gasteiger partial charge is 0.354 e. The van der Waals surface area contributed by atoms with Gasteiger partial charge in [-0.2, -0.15) is 0 Å². The average molecular weight is 526 g/mol. The fraction of sp³-hybridized carbons (Fsp3) is 0.0526. The minimum absolute atomic E-state index is 1.05. The number of hydrogen-bond acceptors (Lipinski definition) is 0. The zero-order valence-electron chi connectivity index (χ0n) is 22.5. The second-order valence-corrected chi connectivity index (χ2v) is 11.0. The first-order valence-electron chi connectivity index (χ1n) is 14.3. The van der Waals surface area contributed by atoms with Crippen LogP contribution in [0.4, 0.5) is 0 Å². The molecule has 9 rings (SSSR count). The van der Waals surface area contributed by atoms with Gasteiger partial charge in [-0.25, -0.2) is 0 Å². The first kappa shape index (κ1) is 22.5. The zero-order valence-corrected chi connectivity index (χ0v) is 22.5. The van der Waals surface area contributed by atoms with Crippen LogP contribution in [0.5, 0.6) is 0 Å². The van der Waals surface area contributed by atoms with E-state index in [0.29, 0.717) is 0 Å². The quantitative estimate of drug-likeness (QED) is 0.238. The van der Waals surface area contributed by atoms with E-state index in [-0.39, 0.29) is 0 Å². The van der Waals surface area contributed by atoms with Crippen LogP contribution in [0.15, 0.2) is 128 Å². The van der Waals surface area contributed by atoms with Crippen LogP contribution in [0.3, 0.4) is 0 Å². The number of nitrogens with zero attached hydrogens (tertiary/aromatic N) is 2. The monoisotopic (exact) mass is 525 g/mol. The van der Waals surface area contributed by atoms with Crippen LogP contribution in [0, 0.1) is 0 Å². The van der Waals surface area contributed by atoms with Crippen molar-refractivity contribution in [2.75, 3.05) is 0 Å². The summed E-state index contributed by atoms with van der Waals surface area (Å²) in [4.78, 5) is 3.68. The summed E-state index contributed by atoms with van der Waals surface area (Å²) in [6, 6.07) is 41.7. The summed E-state index contributed by atoms with van der Waals surface area (Å²) in [6.45, 7) is 0. The third-order valence-corrected chi connectivity index (χ3v) is 8.75. The Hall–Kier alpha value is -5.28. The van der Waals surface area contributed by atoms with Crippen LogP contribution in [0.2, 0.25) is 0 Å². The summed E-state index contributed by atoms with van der Waals surface area (Å²) >= 11 is 0. The van der Waals surface area contributed by atoms with E-state index >= 15 is 0 Å². The molecule has 0 radical (unpaired) electrons. The molecule has 41 heavy (non-hydrogen) atoms. The Labute approximate surface area is 237 Å². The highest BCUT2D eigenvalue weighted by atomic mass is 15.0. The van der Waals surface area contributed by atoms with Gasteiger partial charge in [0.2, 0.25) is 0 Å². The maximum absolute atomic E-state index is 3.68. The molecule has 0 fully saturated rings. The lowest BCUT2D eigenvalue weighted by atomic mass is 10.0. The van der Waals surface area contributed by atoms with Gasteiger partial charge in [-0.3, -0.25) is 0 Å². The van der Waals surface area contributed by atoms with E-state index in [1.807, 2.05) is 0 Å². The molecule has 3 heteroatoms. The Bertz CT molecular complexity index is 2290. The maximum Gasteiger partial charge on any atom is 0.0631 e. The van der Waals surface area contributed by atoms with Crippen molar-refractivity contribution >= 4 is 49.7 Å². The van der Waals surface area contributed by atoms with Crippen LogP contribution in [0.25, 0.3) is 72.2 Å². The number of fused-ring (bicyclic) bond motifs is 8. The summed E-state index contributed by atoms with van der Waals surface area (Å²) < 4.78 is 4.87. The minimum Gasteiger partial charge on any atom is -0.354 e. The lowest BCUT2D eigenvalue weighted by Crippen LogP contribution is -2.02. The number of para-hydroxylation sites is 1. The van der Waals surface area contributed by atoms with E-state index in [1.165, 1.54) is 66.3 Å². The second-order valence-electron chi connectivity index (χ2n) is 11.0. The molecule has 0 unspecified atom stereocenters. The minimum atomic E-state index is 1.05. The van der Waals surface area contributed by atoms with Crippen LogP contribution in [-0.4, -0.2) is 14.1 Å². The van der Waals surface area contributed by atoms with E-state index in [0.717, 1.165) is 23.9 Å². The van der Waals surface area contributed by atoms with Gasteiger partial charge in [0.25, 0.3) is 0 Å². The molecular weight excluding hydrogens is 498 g/mol. The standard InChI is InChI=1S/C38H27N3/c1-3-10-25(11-4-1)26-18-20-32-31(24-26)37-33(39-32)15-9-17-36(37)40-23-22-30-34(40)21-19-29-28-14-7-8-16-35(28)41(38(29)30)27-12-5-2-6-13-27/h1-7,9-15,17-24,39H,8,16H2. The molecule has 0 spiro atoms. The fourth-order valence-corrected chi connectivity index (χ4v) is 6.94. The van der Waals surface area contributed by atoms with Crippen molar-refractivity contribution in [3.8, 4) is 22.5 Å². The number of rotatable bonds is 3. The van der Waals surface area contributed by atoms with Gasteiger partial charge < -0.3 is 14.1 Å². The summed E-state index contributed by atoms with van der Waals surface area (Å²) in [5, 5.41) is 5.09. The van der Waals surface area contributed by atoms with E-state index in [1.54, 1.807) is 0 Å². The first-order valence-corrected chi connectivity index (χ1v) is 14.3. The Morgan fingerprint density at radius 2 is 1.49 bits per heavy atom. The predicted molar refractivity (Wildman–Crippen MR) is 172 cm³/mol. The molecule has 0 atom stereocenters. The molecule has 0 saturated carbocycles. The fourth-order valence-electron chi connectivity index (χ4n) is 6.94. The number of aromatic nitrogens is 3. The summed E-state index contributed by atoms with van der Waals surface area (Å²) in [7, 11) is 0. The van der Waals surface area contributed by atoms with Gasteiger partial charge in [-0.1, -0.05) is 78.9 Å². The zero-order chi connectivity index (χ0) is 26.9. The molecule has 0 aliphatic heterocycles. The van der Waals surface area contributed by atoms with Gasteiger partial charge in [0.1, 0.15) is 0 Å². The molecule has 1 N–H and O–H groups in total. The molecular formula is C38H27N3. The van der Waals surface area contributed by atoms with Gasteiger partial charge in [-0.15, -0.1) is 0 Å². The van der Waals surface area contributed by atoms with Crippen molar-refractivity contribution in [1.29, 1.82) is 0 Å². The highest BCUT2D eigenvalue weighted by molar-refractivity contribution is 6.14. The van der Waals surface area contributed by atoms with Crippen LogP contribution in [-0.2, 0) is 6.42 Å². The van der Waals surface area contributed by atoms with Crippen molar-refractivity contribution in [3.05, 3.63) is 139 Å². The van der Waals surface area contributed by atoms with Crippen molar-refractivity contribution < 1.29 is 0 Å². The first-order chi connectivity index (χ1) is 20.3. The normalized spacial score (nSPS) is 13.1. The third kappa shape index (κ3) is 3.26. The Balaban J connectivity index is 1.33. The highest BCUT2D eigenvalue weighted by Gasteiger charge is 2.22. The Morgan fingerprint density at radius 1 is 0.634 bits per heavy atom. The van der Waals surface area contributed by atoms with Crippen LogP contribution >= 0.6 is 0 Å². The number of benzene rings is 5. The topological polar surface area (TPSA) is 25.6 Å². The smallest absolute Gasteiger partial charge is 0.0631 e. The number of nitrogens with one attached hydrogen (secondary N) is 1. The second kappa shape index (κ2) is 8.61. The number of allylic oxidation sites excluding steroid dienone is 1. The van der Waals surface area contributed by atoms with Gasteiger partial charge >= 0.3 is 0 Å². The van der Waals surface area contributed by atoms with Gasteiger partial charge in [0.15, 0.2) is 0 Å². The maximum atomic E-state index is 3.68. The van der Waals surface area contributed by atoms with E-state index in [9.17, 15) is 0 Å². The molecule has 3 heterocycles. The number of hydrogen-bond donors (Lipinski definition) is 1. The van der Waals surface area contributed by atoms with Crippen molar-refractivity contribution in [3.63, 3.8) is 0 Å². The lowest BCUT2D eigenvalue weighted by molar-refractivity contribution is 0.890. The third-order valence-electron chi connectivity index (χ3n) is 8.75.